The molecule has 2 amide bonds. The highest BCUT2D eigenvalue weighted by Crippen LogP contribution is 2.37. The smallest absolute Gasteiger partial charge is 0.243 e. The number of β-amino-alcohol motifs (C(OH)–C–C–N with tert-alkyl or cyclic N) is 1. The molecule has 5 N–H and O–H groups in total. The number of hydrogen-bond donors (Lipinski definition) is 4. The molecule has 78 heavy (non-hydrogen) atoms. The van der Waals surface area contributed by atoms with Gasteiger partial charge in [-0.15, -0.1) is 0 Å². The van der Waals surface area contributed by atoms with Gasteiger partial charge in [0.1, 0.15) is 23.5 Å². The molecule has 8 heterocycles. The second-order valence-corrected chi connectivity index (χ2v) is 23.3. The fourth-order valence-electron chi connectivity index (χ4n) is 12.8. The molecule has 0 unspecified atom stereocenters. The summed E-state index contributed by atoms with van der Waals surface area (Å²) in [4.78, 5) is 46.5. The van der Waals surface area contributed by atoms with Crippen molar-refractivity contribution in [3.05, 3.63) is 102 Å². The molecule has 11 rings (SSSR count). The number of para-hydroxylation sites is 1. The second-order valence-electron chi connectivity index (χ2n) is 23.3. The van der Waals surface area contributed by atoms with E-state index in [2.05, 4.69) is 52.4 Å². The van der Waals surface area contributed by atoms with E-state index in [-0.39, 0.29) is 42.5 Å². The van der Waals surface area contributed by atoms with Crippen LogP contribution >= 0.6 is 0 Å². The number of rotatable bonds is 17. The van der Waals surface area contributed by atoms with Crippen molar-refractivity contribution < 1.29 is 29.1 Å². The van der Waals surface area contributed by atoms with E-state index in [1.807, 2.05) is 97.8 Å². The van der Waals surface area contributed by atoms with Gasteiger partial charge in [-0.3, -0.25) is 18.7 Å². The number of nitrogens with two attached hydrogens (primary N) is 1. The number of hydrogen-bond acceptors (Lipinski definition) is 14. The van der Waals surface area contributed by atoms with E-state index >= 15 is 0 Å². The summed E-state index contributed by atoms with van der Waals surface area (Å²) in [6.07, 6.45) is 20.1. The maximum absolute atomic E-state index is 14.4. The van der Waals surface area contributed by atoms with Crippen LogP contribution in [0.5, 0.6) is 5.75 Å². The van der Waals surface area contributed by atoms with E-state index < -0.39 is 18.1 Å². The standard InChI is InChI=1S/C60H78N12O6/c1-38(2)56(59(76)72-36-46(73)32-52(72)58(75)63-39(3)42-12-14-43(15-13-42)51-16-23-62-67(51)4)54-33-55(66-78-54)70-28-19-41(20-29-70)34-68-24-21-47(22-25-68)77-48-30-45(31-48)69-26-17-40(18-27-69)8-7-9-44-35-71-37-50(64-60(71)65-57(44)61)49-10-5-6-11-53(49)74/h5-7,9-16,23,33,35,37-41,45-48,52,56,73-74H,8,17-22,24-32,34,36H2,1-4H3,(H,63,75)(H2,61,64,65)/b9-7+/t39-,45?,46+,48?,52-,56+/m0/s1. The van der Waals surface area contributed by atoms with Crippen molar-refractivity contribution in [1.82, 2.24) is 49.3 Å². The van der Waals surface area contributed by atoms with Gasteiger partial charge in [-0.2, -0.15) is 10.1 Å². The predicted molar refractivity (Wildman–Crippen MR) is 300 cm³/mol. The lowest BCUT2D eigenvalue weighted by Crippen LogP contribution is -2.52. The van der Waals surface area contributed by atoms with E-state index in [9.17, 15) is 19.8 Å². The number of amides is 2. The van der Waals surface area contributed by atoms with Gasteiger partial charge in [0.15, 0.2) is 11.6 Å². The molecule has 2 aromatic carbocycles. The van der Waals surface area contributed by atoms with Crippen LogP contribution in [0, 0.1) is 17.8 Å². The molecule has 4 aliphatic heterocycles. The molecule has 1 aliphatic carbocycles. The van der Waals surface area contributed by atoms with Crippen molar-refractivity contribution in [2.24, 2.45) is 24.8 Å². The number of phenolic OH excluding ortho intramolecular Hbond substituents is 1. The summed E-state index contributed by atoms with van der Waals surface area (Å²) in [5, 5.41) is 32.9. The van der Waals surface area contributed by atoms with E-state index in [4.69, 9.17) is 15.0 Å². The van der Waals surface area contributed by atoms with Crippen molar-refractivity contribution in [2.45, 2.75) is 127 Å². The molecule has 6 aromatic rings. The number of nitrogens with zero attached hydrogens (tertiary/aromatic N) is 10. The highest BCUT2D eigenvalue weighted by atomic mass is 16.5. The number of carbonyl (C=O) groups excluding carboxylic acids is 2. The number of nitrogen functional groups attached to an aromatic ring is 1. The number of phenols is 1. The molecule has 5 aliphatic rings. The Hall–Kier alpha value is -6.60. The fourth-order valence-corrected chi connectivity index (χ4v) is 12.8. The number of imidazole rings is 1. The van der Waals surface area contributed by atoms with Crippen molar-refractivity contribution in [2.75, 3.05) is 63.0 Å². The minimum atomic E-state index is -0.798. The molecule has 18 heteroatoms. The van der Waals surface area contributed by atoms with Gasteiger partial charge in [-0.1, -0.05) is 67.6 Å². The molecule has 4 aromatic heterocycles. The monoisotopic (exact) mass is 1060 g/mol. The molecule has 0 bridgehead atoms. The number of benzene rings is 2. The molecule has 5 fully saturated rings. The van der Waals surface area contributed by atoms with Gasteiger partial charge in [-0.25, -0.2) is 4.98 Å². The summed E-state index contributed by atoms with van der Waals surface area (Å²) in [7, 11) is 1.90. The maximum atomic E-state index is 14.4. The number of aliphatic hydroxyl groups is 1. The number of anilines is 2. The predicted octanol–water partition coefficient (Wildman–Crippen LogP) is 7.70. The molecular weight excluding hydrogens is 985 g/mol. The van der Waals surface area contributed by atoms with Crippen LogP contribution in [0.4, 0.5) is 11.6 Å². The number of nitrogens with one attached hydrogen (secondary N) is 1. The average molecular weight is 1060 g/mol. The van der Waals surface area contributed by atoms with Gasteiger partial charge in [0.25, 0.3) is 0 Å². The zero-order chi connectivity index (χ0) is 54.0. The number of aryl methyl sites for hydroxylation is 1. The van der Waals surface area contributed by atoms with Gasteiger partial charge >= 0.3 is 0 Å². The number of aromatic hydroxyl groups is 1. The third-order valence-electron chi connectivity index (χ3n) is 17.6. The van der Waals surface area contributed by atoms with E-state index in [1.54, 1.807) is 23.2 Å². The molecule has 414 valence electrons. The Bertz CT molecular complexity index is 3030. The van der Waals surface area contributed by atoms with Crippen LogP contribution in [0.3, 0.4) is 0 Å². The lowest BCUT2D eigenvalue weighted by Gasteiger charge is -2.47. The van der Waals surface area contributed by atoms with Crippen LogP contribution in [0.2, 0.25) is 0 Å². The Morgan fingerprint density at radius 3 is 2.35 bits per heavy atom. The summed E-state index contributed by atoms with van der Waals surface area (Å²) < 4.78 is 16.3. The number of aliphatic hydroxyl groups excluding tert-OH is 1. The highest BCUT2D eigenvalue weighted by Gasteiger charge is 2.44. The van der Waals surface area contributed by atoms with Crippen LogP contribution in [0.25, 0.3) is 34.4 Å². The summed E-state index contributed by atoms with van der Waals surface area (Å²) in [5.41, 5.74) is 11.5. The largest absolute Gasteiger partial charge is 0.507 e. The van der Waals surface area contributed by atoms with Crippen molar-refractivity contribution in [3.8, 4) is 28.3 Å². The Labute approximate surface area is 457 Å². The van der Waals surface area contributed by atoms with Crippen LogP contribution in [-0.4, -0.2) is 149 Å². The Kier molecular flexibility index (Phi) is 16.0. The maximum Gasteiger partial charge on any atom is 0.243 e. The first-order valence-corrected chi connectivity index (χ1v) is 28.6. The molecule has 0 spiro atoms. The van der Waals surface area contributed by atoms with Gasteiger partial charge in [0, 0.05) is 94.6 Å². The summed E-state index contributed by atoms with van der Waals surface area (Å²) in [5.74, 6) is 2.37. The van der Waals surface area contributed by atoms with Crippen LogP contribution in [0.1, 0.15) is 114 Å². The van der Waals surface area contributed by atoms with Crippen molar-refractivity contribution in [3.63, 3.8) is 0 Å². The van der Waals surface area contributed by atoms with Crippen molar-refractivity contribution in [1.29, 1.82) is 0 Å². The van der Waals surface area contributed by atoms with Crippen LogP contribution in [0.15, 0.2) is 89.9 Å². The summed E-state index contributed by atoms with van der Waals surface area (Å²) in [6.45, 7) is 13.3. The molecule has 18 nitrogen and oxygen atoms in total. The number of allylic oxidation sites excluding steroid dienone is 1. The molecule has 4 saturated heterocycles. The Balaban J connectivity index is 0.577. The minimum absolute atomic E-state index is 0.0890. The number of ether oxygens (including phenoxy) is 1. The van der Waals surface area contributed by atoms with E-state index in [0.29, 0.717) is 58.7 Å². The van der Waals surface area contributed by atoms with Gasteiger partial charge in [0.2, 0.25) is 17.6 Å². The average Bonchev–Trinajstić information content (AvgIpc) is 4.29. The first-order valence-electron chi connectivity index (χ1n) is 28.6. The molecule has 1 saturated carbocycles. The number of likely N-dealkylation sites (tertiary alicyclic amines) is 3. The summed E-state index contributed by atoms with van der Waals surface area (Å²) in [6, 6.07) is 18.6. The summed E-state index contributed by atoms with van der Waals surface area (Å²) >= 11 is 0. The van der Waals surface area contributed by atoms with Gasteiger partial charge in [-0.05, 0) is 125 Å². The SMILES string of the molecule is CC(C)[C@@H](C(=O)N1C[C@H](O)C[C@H]1C(=O)N[C@@H](C)c1ccc(-c2ccnn2C)cc1)c1cc(N2CCC(CN3CCC(OC4CC(N5CCC(C/C=C/c6cn7cc(-c8ccccc8O)nc7nc6N)CC5)C4)CC3)CC2)no1. The molecular formula is C60H78N12O6. The normalized spacial score (nSPS) is 23.2. The highest BCUT2D eigenvalue weighted by molar-refractivity contribution is 5.91. The number of piperidine rings is 3. The fraction of sp³-hybridized carbons (Fsp3) is 0.533. The quantitative estimate of drug-likeness (QED) is 0.0691. The van der Waals surface area contributed by atoms with Crippen LogP contribution in [-0.2, 0) is 21.4 Å². The Morgan fingerprint density at radius 2 is 1.63 bits per heavy atom. The number of carbonyl (C=O) groups is 2. The lowest BCUT2D eigenvalue weighted by atomic mass is 9.84. The zero-order valence-electron chi connectivity index (χ0n) is 45.7. The van der Waals surface area contributed by atoms with E-state index in [0.717, 1.165) is 119 Å². The first-order chi connectivity index (χ1) is 37.8. The third-order valence-corrected chi connectivity index (χ3v) is 17.6. The minimum Gasteiger partial charge on any atom is -0.507 e. The van der Waals surface area contributed by atoms with Gasteiger partial charge in [0.05, 0.1) is 35.7 Å². The van der Waals surface area contributed by atoms with Crippen LogP contribution < -0.4 is 16.0 Å². The molecule has 4 atom stereocenters. The third kappa shape index (κ3) is 11.9. The first kappa shape index (κ1) is 53.4. The van der Waals surface area contributed by atoms with Gasteiger partial charge < -0.3 is 50.1 Å². The second kappa shape index (κ2) is 23.4. The molecule has 0 radical (unpaired) electrons. The lowest BCUT2D eigenvalue weighted by molar-refractivity contribution is -0.141. The van der Waals surface area contributed by atoms with Crippen molar-refractivity contribution >= 4 is 35.3 Å². The number of fused-ring (bicyclic) bond motifs is 1. The Morgan fingerprint density at radius 1 is 0.885 bits per heavy atom. The number of aromatic nitrogens is 6. The zero-order valence-corrected chi connectivity index (χ0v) is 45.7. The van der Waals surface area contributed by atoms with E-state index in [1.165, 1.54) is 12.8 Å². The topological polar surface area (TPSA) is 209 Å².